The minimum Gasteiger partial charge on any atom is -0.495 e. The summed E-state index contributed by atoms with van der Waals surface area (Å²) in [7, 11) is 1.64. The first-order chi connectivity index (χ1) is 11.3. The van der Waals surface area contributed by atoms with E-state index >= 15 is 0 Å². The first-order valence-electron chi connectivity index (χ1n) is 7.23. The second-order valence-corrected chi connectivity index (χ2v) is 4.97. The van der Waals surface area contributed by atoms with Crippen molar-refractivity contribution in [2.45, 2.75) is 0 Å². The molecule has 0 bridgehead atoms. The number of methoxy groups -OCH3 is 1. The van der Waals surface area contributed by atoms with Crippen LogP contribution < -0.4 is 10.1 Å². The molecule has 4 nitrogen and oxygen atoms in total. The highest BCUT2D eigenvalue weighted by Gasteiger charge is 2.09. The third kappa shape index (κ3) is 3.37. The predicted molar refractivity (Wildman–Crippen MR) is 90.4 cm³/mol. The van der Waals surface area contributed by atoms with Gasteiger partial charge >= 0.3 is 0 Å². The Morgan fingerprint density at radius 1 is 0.957 bits per heavy atom. The molecule has 114 valence electrons. The lowest BCUT2D eigenvalue weighted by atomic mass is 10.0. The van der Waals surface area contributed by atoms with Gasteiger partial charge in [0.1, 0.15) is 5.75 Å². The molecular formula is C19H16N2O2. The van der Waals surface area contributed by atoms with Crippen LogP contribution in [0.3, 0.4) is 0 Å². The lowest BCUT2D eigenvalue weighted by molar-refractivity contribution is 0.103. The largest absolute Gasteiger partial charge is 0.495 e. The number of ether oxygens (including phenoxy) is 1. The van der Waals surface area contributed by atoms with E-state index in [0.717, 1.165) is 17.1 Å². The Balaban J connectivity index is 1.79. The smallest absolute Gasteiger partial charge is 0.194 e. The number of rotatable bonds is 5. The van der Waals surface area contributed by atoms with Crippen molar-refractivity contribution in [3.8, 4) is 5.75 Å². The standard InChI is InChI=1S/C19H16N2O2/c1-23-18-7-3-2-6-17(18)21-16-10-8-14(9-11-16)19(22)15-5-4-12-20-13-15/h2-13,21H,1H3. The molecule has 0 spiro atoms. The zero-order valence-corrected chi connectivity index (χ0v) is 12.7. The molecule has 0 radical (unpaired) electrons. The molecular weight excluding hydrogens is 288 g/mol. The molecule has 0 atom stereocenters. The maximum atomic E-state index is 12.3. The predicted octanol–water partition coefficient (Wildman–Crippen LogP) is 4.06. The summed E-state index contributed by atoms with van der Waals surface area (Å²) < 4.78 is 5.31. The number of nitrogens with one attached hydrogen (secondary N) is 1. The van der Waals surface area contributed by atoms with E-state index in [9.17, 15) is 4.79 Å². The SMILES string of the molecule is COc1ccccc1Nc1ccc(C(=O)c2cccnc2)cc1. The Morgan fingerprint density at radius 2 is 1.74 bits per heavy atom. The van der Waals surface area contributed by atoms with Gasteiger partial charge in [0.15, 0.2) is 5.78 Å². The fraction of sp³-hybridized carbons (Fsp3) is 0.0526. The van der Waals surface area contributed by atoms with Crippen LogP contribution >= 0.6 is 0 Å². The number of ketones is 1. The van der Waals surface area contributed by atoms with Crippen LogP contribution in [0, 0.1) is 0 Å². The van der Waals surface area contributed by atoms with E-state index in [2.05, 4.69) is 10.3 Å². The van der Waals surface area contributed by atoms with Crippen molar-refractivity contribution in [2.24, 2.45) is 0 Å². The van der Waals surface area contributed by atoms with E-state index < -0.39 is 0 Å². The van der Waals surface area contributed by atoms with Crippen LogP contribution in [0.4, 0.5) is 11.4 Å². The fourth-order valence-electron chi connectivity index (χ4n) is 2.27. The summed E-state index contributed by atoms with van der Waals surface area (Å²) in [4.78, 5) is 16.3. The summed E-state index contributed by atoms with van der Waals surface area (Å²) >= 11 is 0. The minimum absolute atomic E-state index is 0.0399. The van der Waals surface area contributed by atoms with Gasteiger partial charge in [0, 0.05) is 29.2 Å². The molecule has 3 aromatic rings. The van der Waals surface area contributed by atoms with Gasteiger partial charge in [-0.3, -0.25) is 9.78 Å². The normalized spacial score (nSPS) is 10.1. The lowest BCUT2D eigenvalue weighted by Gasteiger charge is -2.11. The average Bonchev–Trinajstić information content (AvgIpc) is 2.63. The molecule has 1 aromatic heterocycles. The number of hydrogen-bond acceptors (Lipinski definition) is 4. The van der Waals surface area contributed by atoms with Gasteiger partial charge in [-0.15, -0.1) is 0 Å². The van der Waals surface area contributed by atoms with Crippen molar-refractivity contribution in [1.82, 2.24) is 4.98 Å². The third-order valence-electron chi connectivity index (χ3n) is 3.46. The summed E-state index contributed by atoms with van der Waals surface area (Å²) in [6.07, 6.45) is 3.22. The molecule has 0 aliphatic heterocycles. The zero-order chi connectivity index (χ0) is 16.1. The summed E-state index contributed by atoms with van der Waals surface area (Å²) in [5.41, 5.74) is 2.97. The molecule has 0 saturated carbocycles. The van der Waals surface area contributed by atoms with Crippen molar-refractivity contribution >= 4 is 17.2 Å². The topological polar surface area (TPSA) is 51.2 Å². The molecule has 2 aromatic carbocycles. The van der Waals surface area contributed by atoms with Crippen molar-refractivity contribution in [2.75, 3.05) is 12.4 Å². The Bertz CT molecular complexity index is 799. The quantitative estimate of drug-likeness (QED) is 0.722. The van der Waals surface area contributed by atoms with Gasteiger partial charge in [-0.1, -0.05) is 12.1 Å². The molecule has 0 amide bonds. The van der Waals surface area contributed by atoms with Crippen LogP contribution in [-0.2, 0) is 0 Å². The molecule has 0 saturated heterocycles. The summed E-state index contributed by atoms with van der Waals surface area (Å²) in [6.45, 7) is 0. The molecule has 0 aliphatic rings. The second kappa shape index (κ2) is 6.75. The van der Waals surface area contributed by atoms with E-state index in [0.29, 0.717) is 11.1 Å². The van der Waals surface area contributed by atoms with Gasteiger partial charge in [-0.05, 0) is 48.5 Å². The van der Waals surface area contributed by atoms with E-state index in [1.165, 1.54) is 0 Å². The number of hydrogen-bond donors (Lipinski definition) is 1. The third-order valence-corrected chi connectivity index (χ3v) is 3.46. The van der Waals surface area contributed by atoms with Crippen LogP contribution in [0.1, 0.15) is 15.9 Å². The van der Waals surface area contributed by atoms with E-state index in [1.807, 2.05) is 36.4 Å². The van der Waals surface area contributed by atoms with Crippen LogP contribution in [0.5, 0.6) is 5.75 Å². The minimum atomic E-state index is -0.0399. The van der Waals surface area contributed by atoms with E-state index in [4.69, 9.17) is 4.74 Å². The molecule has 3 rings (SSSR count). The van der Waals surface area contributed by atoms with Crippen molar-refractivity contribution in [3.05, 3.63) is 84.2 Å². The molecule has 0 unspecified atom stereocenters. The number of carbonyl (C=O) groups excluding carboxylic acids is 1. The molecule has 0 fully saturated rings. The monoisotopic (exact) mass is 304 g/mol. The Labute approximate surface area is 134 Å². The van der Waals surface area contributed by atoms with Crippen LogP contribution in [0.15, 0.2) is 73.1 Å². The van der Waals surface area contributed by atoms with Gasteiger partial charge in [0.25, 0.3) is 0 Å². The number of pyridine rings is 1. The molecule has 4 heteroatoms. The first kappa shape index (κ1) is 14.8. The summed E-state index contributed by atoms with van der Waals surface area (Å²) in [5.74, 6) is 0.727. The lowest BCUT2D eigenvalue weighted by Crippen LogP contribution is -2.01. The van der Waals surface area contributed by atoms with Gasteiger partial charge in [0.2, 0.25) is 0 Å². The Morgan fingerprint density at radius 3 is 2.43 bits per heavy atom. The van der Waals surface area contributed by atoms with Gasteiger partial charge in [-0.25, -0.2) is 0 Å². The highest BCUT2D eigenvalue weighted by atomic mass is 16.5. The van der Waals surface area contributed by atoms with Crippen molar-refractivity contribution in [1.29, 1.82) is 0 Å². The fourth-order valence-corrected chi connectivity index (χ4v) is 2.27. The number of nitrogens with zero attached hydrogens (tertiary/aromatic N) is 1. The Hall–Kier alpha value is -3.14. The van der Waals surface area contributed by atoms with Gasteiger partial charge in [-0.2, -0.15) is 0 Å². The Kier molecular flexibility index (Phi) is 4.34. The van der Waals surface area contributed by atoms with Crippen LogP contribution in [0.2, 0.25) is 0 Å². The number of anilines is 2. The average molecular weight is 304 g/mol. The maximum Gasteiger partial charge on any atom is 0.194 e. The van der Waals surface area contributed by atoms with E-state index in [-0.39, 0.29) is 5.78 Å². The molecule has 1 heterocycles. The molecule has 1 N–H and O–H groups in total. The molecule has 0 aliphatic carbocycles. The van der Waals surface area contributed by atoms with Gasteiger partial charge < -0.3 is 10.1 Å². The first-order valence-corrected chi connectivity index (χ1v) is 7.23. The van der Waals surface area contributed by atoms with Crippen LogP contribution in [0.25, 0.3) is 0 Å². The highest BCUT2D eigenvalue weighted by molar-refractivity contribution is 6.08. The second-order valence-electron chi connectivity index (χ2n) is 4.97. The number of benzene rings is 2. The zero-order valence-electron chi connectivity index (χ0n) is 12.7. The molecule has 23 heavy (non-hydrogen) atoms. The summed E-state index contributed by atoms with van der Waals surface area (Å²) in [6, 6.07) is 18.5. The number of para-hydroxylation sites is 2. The van der Waals surface area contributed by atoms with Crippen molar-refractivity contribution in [3.63, 3.8) is 0 Å². The van der Waals surface area contributed by atoms with Gasteiger partial charge in [0.05, 0.1) is 12.8 Å². The highest BCUT2D eigenvalue weighted by Crippen LogP contribution is 2.27. The van der Waals surface area contributed by atoms with E-state index in [1.54, 1.807) is 43.8 Å². The van der Waals surface area contributed by atoms with Crippen LogP contribution in [-0.4, -0.2) is 17.9 Å². The van der Waals surface area contributed by atoms with Crippen molar-refractivity contribution < 1.29 is 9.53 Å². The summed E-state index contributed by atoms with van der Waals surface area (Å²) in [5, 5.41) is 3.28. The number of aromatic nitrogens is 1. The number of carbonyl (C=O) groups is 1. The maximum absolute atomic E-state index is 12.3.